The lowest BCUT2D eigenvalue weighted by molar-refractivity contribution is 0.248. The van der Waals surface area contributed by atoms with Crippen LogP contribution in [0.25, 0.3) is 0 Å². The van der Waals surface area contributed by atoms with Crippen LogP contribution in [0.1, 0.15) is 12.5 Å². The number of carbonyl (C=O) groups excluding carboxylic acids is 1. The van der Waals surface area contributed by atoms with Crippen molar-refractivity contribution < 1.29 is 4.79 Å². The third-order valence-corrected chi connectivity index (χ3v) is 2.19. The van der Waals surface area contributed by atoms with Crippen molar-refractivity contribution in [2.75, 3.05) is 18.5 Å². The number of amides is 2. The minimum Gasteiger partial charge on any atom is -0.384 e. The number of urea groups is 1. The zero-order valence-corrected chi connectivity index (χ0v) is 9.45. The molecule has 0 fully saturated rings. The van der Waals surface area contributed by atoms with E-state index in [1.807, 2.05) is 6.92 Å². The smallest absolute Gasteiger partial charge is 0.321 e. The number of anilines is 1. The van der Waals surface area contributed by atoms with E-state index in [4.69, 9.17) is 11.1 Å². The normalized spacial score (nSPS) is 9.62. The Morgan fingerprint density at radius 1 is 1.50 bits per heavy atom. The van der Waals surface area contributed by atoms with Crippen LogP contribution >= 0.6 is 0 Å². The zero-order chi connectivity index (χ0) is 12.1. The fourth-order valence-corrected chi connectivity index (χ4v) is 1.37. The quantitative estimate of drug-likeness (QED) is 0.527. The Bertz CT molecular complexity index is 403. The maximum atomic E-state index is 11.6. The molecule has 0 saturated carbocycles. The molecule has 0 aromatic heterocycles. The highest BCUT2D eigenvalue weighted by molar-refractivity contribution is 6.04. The van der Waals surface area contributed by atoms with Crippen LogP contribution < -0.4 is 16.0 Å². The van der Waals surface area contributed by atoms with Crippen molar-refractivity contribution in [3.05, 3.63) is 29.8 Å². The first-order valence-corrected chi connectivity index (χ1v) is 5.03. The average molecular weight is 220 g/mol. The standard InChI is InChI=1S/C11H16N4O/c1-3-14-11(16)15(2)9-7-5-4-6-8(9)10(12)13/h4-7H,3H2,1-2H3,(H3,12,13)(H,14,16). The molecule has 0 aliphatic rings. The summed E-state index contributed by atoms with van der Waals surface area (Å²) in [7, 11) is 1.65. The van der Waals surface area contributed by atoms with Crippen LogP contribution in [0.5, 0.6) is 0 Å². The largest absolute Gasteiger partial charge is 0.384 e. The van der Waals surface area contributed by atoms with Crippen molar-refractivity contribution >= 4 is 17.6 Å². The fourth-order valence-electron chi connectivity index (χ4n) is 1.37. The summed E-state index contributed by atoms with van der Waals surface area (Å²) in [5, 5.41) is 10.1. The lowest BCUT2D eigenvalue weighted by atomic mass is 10.1. The number of amidine groups is 1. The van der Waals surface area contributed by atoms with Gasteiger partial charge in [-0.3, -0.25) is 10.3 Å². The molecule has 5 nitrogen and oxygen atoms in total. The first kappa shape index (κ1) is 12.0. The molecule has 0 aliphatic carbocycles. The lowest BCUT2D eigenvalue weighted by Crippen LogP contribution is -2.38. The molecule has 0 saturated heterocycles. The molecule has 1 aromatic rings. The average Bonchev–Trinajstić information content (AvgIpc) is 2.28. The van der Waals surface area contributed by atoms with Gasteiger partial charge < -0.3 is 11.1 Å². The molecule has 86 valence electrons. The summed E-state index contributed by atoms with van der Waals surface area (Å²) >= 11 is 0. The Hall–Kier alpha value is -2.04. The minimum atomic E-state index is -0.212. The lowest BCUT2D eigenvalue weighted by Gasteiger charge is -2.20. The molecule has 0 unspecified atom stereocenters. The van der Waals surface area contributed by atoms with Gasteiger partial charge in [-0.25, -0.2) is 4.79 Å². The molecule has 0 heterocycles. The van der Waals surface area contributed by atoms with Gasteiger partial charge in [0.1, 0.15) is 5.84 Å². The number of nitrogens with one attached hydrogen (secondary N) is 2. The van der Waals surface area contributed by atoms with Crippen LogP contribution in [0.4, 0.5) is 10.5 Å². The summed E-state index contributed by atoms with van der Waals surface area (Å²) in [4.78, 5) is 13.1. The fraction of sp³-hybridized carbons (Fsp3) is 0.273. The Balaban J connectivity index is 3.03. The van der Waals surface area contributed by atoms with Crippen molar-refractivity contribution in [2.24, 2.45) is 5.73 Å². The van der Waals surface area contributed by atoms with Gasteiger partial charge in [0.2, 0.25) is 0 Å². The highest BCUT2D eigenvalue weighted by Crippen LogP contribution is 2.18. The van der Waals surface area contributed by atoms with Crippen molar-refractivity contribution in [1.29, 1.82) is 5.41 Å². The van der Waals surface area contributed by atoms with Crippen molar-refractivity contribution in [3.63, 3.8) is 0 Å². The second-order valence-corrected chi connectivity index (χ2v) is 3.33. The van der Waals surface area contributed by atoms with Gasteiger partial charge >= 0.3 is 6.03 Å². The highest BCUT2D eigenvalue weighted by Gasteiger charge is 2.14. The molecule has 4 N–H and O–H groups in total. The summed E-state index contributed by atoms with van der Waals surface area (Å²) < 4.78 is 0. The maximum Gasteiger partial charge on any atom is 0.321 e. The second kappa shape index (κ2) is 5.16. The molecule has 16 heavy (non-hydrogen) atoms. The molecule has 0 radical (unpaired) electrons. The number of nitrogen functional groups attached to an aromatic ring is 1. The summed E-state index contributed by atoms with van der Waals surface area (Å²) in [6.45, 7) is 2.41. The summed E-state index contributed by atoms with van der Waals surface area (Å²) in [6, 6.07) is 6.85. The van der Waals surface area contributed by atoms with Crippen LogP contribution in [-0.2, 0) is 0 Å². The monoisotopic (exact) mass is 220 g/mol. The van der Waals surface area contributed by atoms with Gasteiger partial charge in [-0.05, 0) is 19.1 Å². The van der Waals surface area contributed by atoms with Gasteiger partial charge in [0.05, 0.1) is 5.69 Å². The van der Waals surface area contributed by atoms with Gasteiger partial charge in [0.25, 0.3) is 0 Å². The van der Waals surface area contributed by atoms with Gasteiger partial charge in [-0.2, -0.15) is 0 Å². The number of rotatable bonds is 3. The third kappa shape index (κ3) is 2.50. The van der Waals surface area contributed by atoms with Gasteiger partial charge in [-0.15, -0.1) is 0 Å². The van der Waals surface area contributed by atoms with E-state index in [-0.39, 0.29) is 11.9 Å². The Kier molecular flexibility index (Phi) is 3.88. The number of para-hydroxylation sites is 1. The maximum absolute atomic E-state index is 11.6. The van der Waals surface area contributed by atoms with Crippen LogP contribution in [0.3, 0.4) is 0 Å². The molecule has 0 aliphatic heterocycles. The number of benzene rings is 1. The number of carbonyl (C=O) groups is 1. The van der Waals surface area contributed by atoms with E-state index in [0.717, 1.165) is 0 Å². The molecule has 0 atom stereocenters. The van der Waals surface area contributed by atoms with Crippen LogP contribution in [0, 0.1) is 5.41 Å². The first-order valence-electron chi connectivity index (χ1n) is 5.03. The van der Waals surface area contributed by atoms with E-state index in [1.54, 1.807) is 31.3 Å². The van der Waals surface area contributed by atoms with Gasteiger partial charge in [0.15, 0.2) is 0 Å². The van der Waals surface area contributed by atoms with Crippen molar-refractivity contribution in [3.8, 4) is 0 Å². The molecule has 2 amide bonds. The van der Waals surface area contributed by atoms with Crippen LogP contribution in [-0.4, -0.2) is 25.5 Å². The Labute approximate surface area is 94.8 Å². The Morgan fingerprint density at radius 3 is 2.69 bits per heavy atom. The van der Waals surface area contributed by atoms with Crippen molar-refractivity contribution in [1.82, 2.24) is 5.32 Å². The minimum absolute atomic E-state index is 0.0493. The summed E-state index contributed by atoms with van der Waals surface area (Å²) in [6.07, 6.45) is 0. The summed E-state index contributed by atoms with van der Waals surface area (Å²) in [5.41, 5.74) is 6.63. The second-order valence-electron chi connectivity index (χ2n) is 3.33. The zero-order valence-electron chi connectivity index (χ0n) is 9.45. The number of nitrogens with zero attached hydrogens (tertiary/aromatic N) is 1. The van der Waals surface area contributed by atoms with E-state index in [9.17, 15) is 4.79 Å². The molecule has 1 rings (SSSR count). The van der Waals surface area contributed by atoms with E-state index in [1.165, 1.54) is 4.90 Å². The van der Waals surface area contributed by atoms with E-state index in [2.05, 4.69) is 5.32 Å². The first-order chi connectivity index (χ1) is 7.57. The van der Waals surface area contributed by atoms with Crippen LogP contribution in [0.2, 0.25) is 0 Å². The molecule has 1 aromatic carbocycles. The third-order valence-electron chi connectivity index (χ3n) is 2.19. The topological polar surface area (TPSA) is 82.2 Å². The molecule has 0 bridgehead atoms. The molecule has 5 heteroatoms. The molecule has 0 spiro atoms. The predicted octanol–water partition coefficient (Wildman–Crippen LogP) is 1.14. The number of hydrogen-bond donors (Lipinski definition) is 3. The predicted molar refractivity (Wildman–Crippen MR) is 64.9 cm³/mol. The van der Waals surface area contributed by atoms with Gasteiger partial charge in [-0.1, -0.05) is 12.1 Å². The van der Waals surface area contributed by atoms with Gasteiger partial charge in [0, 0.05) is 19.2 Å². The highest BCUT2D eigenvalue weighted by atomic mass is 16.2. The Morgan fingerprint density at radius 2 is 2.12 bits per heavy atom. The van der Waals surface area contributed by atoms with Crippen molar-refractivity contribution in [2.45, 2.75) is 6.92 Å². The SMILES string of the molecule is CCNC(=O)N(C)c1ccccc1C(=N)N. The van der Waals surface area contributed by atoms with E-state index < -0.39 is 0 Å². The van der Waals surface area contributed by atoms with Crippen LogP contribution in [0.15, 0.2) is 24.3 Å². The van der Waals surface area contributed by atoms with E-state index >= 15 is 0 Å². The summed E-state index contributed by atoms with van der Waals surface area (Å²) in [5.74, 6) is -0.0493. The number of hydrogen-bond acceptors (Lipinski definition) is 2. The van der Waals surface area contributed by atoms with E-state index in [0.29, 0.717) is 17.8 Å². The molecular formula is C11H16N4O. The number of nitrogens with two attached hydrogens (primary N) is 1. The molecular weight excluding hydrogens is 204 g/mol.